The van der Waals surface area contributed by atoms with Crippen LogP contribution in [-0.4, -0.2) is 38.7 Å². The summed E-state index contributed by atoms with van der Waals surface area (Å²) in [7, 11) is -2.29. The van der Waals surface area contributed by atoms with Crippen LogP contribution in [0.25, 0.3) is 0 Å². The number of hydrogen-bond donors (Lipinski definition) is 2. The lowest BCUT2D eigenvalue weighted by Gasteiger charge is -2.09. The number of methoxy groups -OCH3 is 1. The highest BCUT2D eigenvalue weighted by Gasteiger charge is 2.37. The Morgan fingerprint density at radius 2 is 2.29 bits per heavy atom. The van der Waals surface area contributed by atoms with Crippen LogP contribution in [0.4, 0.5) is 0 Å². The number of hydrogen-bond acceptors (Lipinski definition) is 4. The molecule has 8 heteroatoms. The Balaban J connectivity index is 2.19. The Hall–Kier alpha value is -1.38. The second-order valence-corrected chi connectivity index (χ2v) is 6.84. The van der Waals surface area contributed by atoms with Crippen molar-refractivity contribution in [3.8, 4) is 0 Å². The molecular formula is C13H21N3O4S. The molecule has 1 aromatic rings. The fourth-order valence-electron chi connectivity index (χ4n) is 2.32. The third-order valence-electron chi connectivity index (χ3n) is 3.73. The van der Waals surface area contributed by atoms with Gasteiger partial charge in [-0.25, -0.2) is 13.6 Å². The Kier molecular flexibility index (Phi) is 4.70. The van der Waals surface area contributed by atoms with Gasteiger partial charge in [-0.1, -0.05) is 13.3 Å². The monoisotopic (exact) mass is 315 g/mol. The average molecular weight is 315 g/mol. The average Bonchev–Trinajstić information content (AvgIpc) is 3.00. The van der Waals surface area contributed by atoms with Gasteiger partial charge in [0.2, 0.25) is 10.0 Å². The molecule has 1 fully saturated rings. The van der Waals surface area contributed by atoms with Crippen molar-refractivity contribution in [1.29, 1.82) is 0 Å². The fourth-order valence-corrected chi connectivity index (χ4v) is 2.87. The number of ether oxygens (including phenoxy) is 1. The molecule has 1 aliphatic carbocycles. The molecule has 0 spiro atoms. The summed E-state index contributed by atoms with van der Waals surface area (Å²) in [6, 6.07) is 1.50. The smallest absolute Gasteiger partial charge is 0.268 e. The van der Waals surface area contributed by atoms with E-state index in [-0.39, 0.29) is 22.5 Å². The maximum absolute atomic E-state index is 12.3. The first-order chi connectivity index (χ1) is 9.86. The van der Waals surface area contributed by atoms with Crippen LogP contribution in [0.15, 0.2) is 17.2 Å². The first kappa shape index (κ1) is 16.0. The lowest BCUT2D eigenvalue weighted by molar-refractivity contribution is 0.0937. The minimum atomic E-state index is -3.83. The van der Waals surface area contributed by atoms with Gasteiger partial charge in [0.15, 0.2) is 0 Å². The molecule has 1 saturated carbocycles. The molecule has 0 saturated heterocycles. The van der Waals surface area contributed by atoms with Crippen LogP contribution in [0.2, 0.25) is 0 Å². The zero-order chi connectivity index (χ0) is 15.6. The molecule has 118 valence electrons. The summed E-state index contributed by atoms with van der Waals surface area (Å²) in [5.74, 6) is 0.246. The summed E-state index contributed by atoms with van der Waals surface area (Å²) in [6.07, 6.45) is 3.37. The highest BCUT2D eigenvalue weighted by Crippen LogP contribution is 2.33. The highest BCUT2D eigenvalue weighted by atomic mass is 32.2. The summed E-state index contributed by atoms with van der Waals surface area (Å²) in [6.45, 7) is 2.84. The Labute approximate surface area is 124 Å². The van der Waals surface area contributed by atoms with E-state index in [2.05, 4.69) is 12.2 Å². The maximum atomic E-state index is 12.3. The molecule has 2 rings (SSSR count). The predicted molar refractivity (Wildman–Crippen MR) is 77.3 cm³/mol. The van der Waals surface area contributed by atoms with E-state index >= 15 is 0 Å². The van der Waals surface area contributed by atoms with E-state index in [0.717, 1.165) is 12.8 Å². The third kappa shape index (κ3) is 3.84. The summed E-state index contributed by atoms with van der Waals surface area (Å²) < 4.78 is 29.4. The highest BCUT2D eigenvalue weighted by molar-refractivity contribution is 7.89. The fraction of sp³-hybridized carbons (Fsp3) is 0.615. The van der Waals surface area contributed by atoms with E-state index < -0.39 is 10.0 Å². The van der Waals surface area contributed by atoms with E-state index in [1.54, 1.807) is 11.7 Å². The zero-order valence-corrected chi connectivity index (χ0v) is 13.0. The lowest BCUT2D eigenvalue weighted by Crippen LogP contribution is -2.29. The first-order valence-corrected chi connectivity index (χ1v) is 8.44. The van der Waals surface area contributed by atoms with Gasteiger partial charge in [0.25, 0.3) is 5.91 Å². The number of rotatable bonds is 7. The summed E-state index contributed by atoms with van der Waals surface area (Å²) in [5.41, 5.74) is 0.290. The predicted octanol–water partition coefficient (Wildman–Crippen LogP) is 0.310. The summed E-state index contributed by atoms with van der Waals surface area (Å²) >= 11 is 0. The van der Waals surface area contributed by atoms with Gasteiger partial charge in [-0.2, -0.15) is 0 Å². The van der Waals surface area contributed by atoms with Crippen molar-refractivity contribution < 1.29 is 17.9 Å². The zero-order valence-electron chi connectivity index (χ0n) is 12.2. The molecule has 21 heavy (non-hydrogen) atoms. The van der Waals surface area contributed by atoms with E-state index in [1.807, 2.05) is 0 Å². The van der Waals surface area contributed by atoms with Crippen molar-refractivity contribution in [2.45, 2.75) is 37.2 Å². The molecule has 7 nitrogen and oxygen atoms in total. The molecule has 0 bridgehead atoms. The number of nitrogens with zero attached hydrogens (tertiary/aromatic N) is 1. The molecule has 0 radical (unpaired) electrons. The lowest BCUT2D eigenvalue weighted by atomic mass is 10.3. The Morgan fingerprint density at radius 1 is 1.57 bits per heavy atom. The number of primary sulfonamides is 1. The van der Waals surface area contributed by atoms with Crippen LogP contribution >= 0.6 is 0 Å². The van der Waals surface area contributed by atoms with E-state index in [9.17, 15) is 13.2 Å². The van der Waals surface area contributed by atoms with Crippen LogP contribution < -0.4 is 10.5 Å². The van der Waals surface area contributed by atoms with Crippen LogP contribution in [0, 0.1) is 5.92 Å². The molecular weight excluding hydrogens is 294 g/mol. The van der Waals surface area contributed by atoms with Crippen LogP contribution in [-0.2, 0) is 21.3 Å². The van der Waals surface area contributed by atoms with Crippen molar-refractivity contribution in [1.82, 2.24) is 9.88 Å². The minimum Gasteiger partial charge on any atom is -0.383 e. The van der Waals surface area contributed by atoms with Crippen molar-refractivity contribution in [3.63, 3.8) is 0 Å². The van der Waals surface area contributed by atoms with Crippen LogP contribution in [0.1, 0.15) is 30.3 Å². The van der Waals surface area contributed by atoms with Crippen molar-refractivity contribution in [2.75, 3.05) is 13.7 Å². The van der Waals surface area contributed by atoms with Crippen molar-refractivity contribution in [2.24, 2.45) is 11.1 Å². The van der Waals surface area contributed by atoms with Gasteiger partial charge in [-0.3, -0.25) is 4.79 Å². The summed E-state index contributed by atoms with van der Waals surface area (Å²) in [4.78, 5) is 12.2. The van der Waals surface area contributed by atoms with Gasteiger partial charge in [-0.15, -0.1) is 0 Å². The second kappa shape index (κ2) is 6.17. The molecule has 3 N–H and O–H groups in total. The number of sulfonamides is 1. The van der Waals surface area contributed by atoms with Crippen LogP contribution in [0.5, 0.6) is 0 Å². The quantitative estimate of drug-likeness (QED) is 0.755. The Bertz CT molecular complexity index is 623. The molecule has 2 unspecified atom stereocenters. The number of aromatic nitrogens is 1. The van der Waals surface area contributed by atoms with Gasteiger partial charge in [-0.05, 0) is 18.4 Å². The van der Waals surface area contributed by atoms with Gasteiger partial charge >= 0.3 is 0 Å². The molecule has 0 aliphatic heterocycles. The number of carbonyl (C=O) groups excluding carboxylic acids is 1. The number of nitrogens with one attached hydrogen (secondary N) is 1. The first-order valence-electron chi connectivity index (χ1n) is 6.89. The van der Waals surface area contributed by atoms with Crippen molar-refractivity contribution in [3.05, 3.63) is 18.0 Å². The van der Waals surface area contributed by atoms with Gasteiger partial charge in [0.1, 0.15) is 10.6 Å². The molecule has 2 atom stereocenters. The van der Waals surface area contributed by atoms with Gasteiger partial charge < -0.3 is 14.6 Å². The third-order valence-corrected chi connectivity index (χ3v) is 4.61. The second-order valence-electron chi connectivity index (χ2n) is 5.28. The summed E-state index contributed by atoms with van der Waals surface area (Å²) in [5, 5.41) is 8.04. The van der Waals surface area contributed by atoms with Crippen molar-refractivity contribution >= 4 is 15.9 Å². The number of amides is 1. The van der Waals surface area contributed by atoms with Gasteiger partial charge in [0, 0.05) is 25.9 Å². The number of carbonyl (C=O) groups is 1. The normalized spacial score (nSPS) is 21.3. The minimum absolute atomic E-state index is 0.0633. The molecule has 1 aromatic heterocycles. The van der Waals surface area contributed by atoms with E-state index in [1.165, 1.54) is 12.3 Å². The van der Waals surface area contributed by atoms with Crippen LogP contribution in [0.3, 0.4) is 0 Å². The largest absolute Gasteiger partial charge is 0.383 e. The molecule has 0 aromatic carbocycles. The standard InChI is InChI=1S/C13H21N3O4S/c1-3-9-6-11(9)15-13(17)12-7-10(21(14,18)19)8-16(12)4-5-20-2/h7-9,11H,3-6H2,1-2H3,(H,15,17)(H2,14,18,19). The van der Waals surface area contributed by atoms with E-state index in [4.69, 9.17) is 9.88 Å². The van der Waals surface area contributed by atoms with Gasteiger partial charge in [0.05, 0.1) is 6.61 Å². The topological polar surface area (TPSA) is 103 Å². The Morgan fingerprint density at radius 3 is 2.81 bits per heavy atom. The van der Waals surface area contributed by atoms with E-state index in [0.29, 0.717) is 19.1 Å². The molecule has 1 amide bonds. The SMILES string of the molecule is CCC1CC1NC(=O)c1cc(S(N)(=O)=O)cn1CCOC. The molecule has 1 heterocycles. The number of nitrogens with two attached hydrogens (primary N) is 1. The molecule has 1 aliphatic rings. The maximum Gasteiger partial charge on any atom is 0.268 e.